The molecule has 4 heterocycles. The minimum absolute atomic E-state index is 0. The standard InChI is InChI=1S/C84H86N2.2BrH/c1-55-39-71(81(5,6)67-31-17-13-18-32-67)43-63-51-85(52-64-44-72(40-56(2)76(64)75(55)63)82(7,8)68-33-19-14-20-34-68)47-59-27-25-29-61-49-86(50-62-30-26-28-60(48-85)80(62)79(59)61)53-65-45-73(83(9,10)69-35-21-15-22-36-69)41-57(3)77(65)78-58(4)42-74(46-66(78)54-86)84(11,12)70-37-23-16-24-38-70;;/h13-46H,47-54H2,1-12H3;2*1H/q+2;;/p-2. The van der Waals surface area contributed by atoms with E-state index in [2.05, 4.69) is 289 Å². The van der Waals surface area contributed by atoms with Crippen molar-refractivity contribution in [1.29, 1.82) is 0 Å². The lowest BCUT2D eigenvalue weighted by atomic mass is 9.74. The van der Waals surface area contributed by atoms with E-state index >= 15 is 0 Å². The van der Waals surface area contributed by atoms with Crippen LogP contribution in [-0.2, 0) is 74.0 Å². The van der Waals surface area contributed by atoms with Crippen LogP contribution in [0.3, 0.4) is 0 Å². The van der Waals surface area contributed by atoms with Gasteiger partial charge in [0, 0.05) is 77.3 Å². The van der Waals surface area contributed by atoms with Crippen molar-refractivity contribution in [1.82, 2.24) is 0 Å². The average Bonchev–Trinajstić information content (AvgIpc) is 1.56. The van der Waals surface area contributed by atoms with Crippen molar-refractivity contribution in [3.05, 3.63) is 318 Å². The van der Waals surface area contributed by atoms with Gasteiger partial charge in [-0.1, -0.05) is 237 Å². The molecule has 0 aliphatic carbocycles. The molecular formula is C84H86Br2N2. The maximum Gasteiger partial charge on any atom is 0.106 e. The molecule has 0 radical (unpaired) electrons. The minimum atomic E-state index is -0.178. The second kappa shape index (κ2) is 22.5. The number of hydrogen-bond donors (Lipinski definition) is 0. The number of quaternary nitrogens is 2. The predicted molar refractivity (Wildman–Crippen MR) is 359 cm³/mol. The van der Waals surface area contributed by atoms with Crippen molar-refractivity contribution in [2.24, 2.45) is 0 Å². The summed E-state index contributed by atoms with van der Waals surface area (Å²) in [5.74, 6) is 0. The number of rotatable bonds is 8. The van der Waals surface area contributed by atoms with Crippen molar-refractivity contribution in [2.75, 3.05) is 0 Å². The Hall–Kier alpha value is -6.92. The highest BCUT2D eigenvalue weighted by Crippen LogP contribution is 2.53. The van der Waals surface area contributed by atoms with E-state index in [0.717, 1.165) is 61.3 Å². The number of hydrogen-bond acceptors (Lipinski definition) is 0. The molecule has 0 saturated heterocycles. The largest absolute Gasteiger partial charge is 1.00 e. The molecular weight excluding hydrogens is 1200 g/mol. The Labute approximate surface area is 547 Å². The van der Waals surface area contributed by atoms with Crippen LogP contribution in [0.1, 0.15) is 167 Å². The van der Waals surface area contributed by atoms with Crippen molar-refractivity contribution >= 4 is 0 Å². The molecule has 4 aliphatic heterocycles. The number of fused-ring (bicyclic) bond motifs is 6. The molecule has 2 nitrogen and oxygen atoms in total. The lowest BCUT2D eigenvalue weighted by Crippen LogP contribution is -3.00. The molecule has 0 saturated carbocycles. The second-order valence-electron chi connectivity index (χ2n) is 29.1. The summed E-state index contributed by atoms with van der Waals surface area (Å²) in [5.41, 5.74) is 36.5. The van der Waals surface area contributed by atoms with E-state index < -0.39 is 0 Å². The van der Waals surface area contributed by atoms with Crippen LogP contribution in [0, 0.1) is 27.7 Å². The number of benzene rings is 10. The fraction of sp³-hybridized carbons (Fsp3) is 0.286. The van der Waals surface area contributed by atoms with Crippen LogP contribution in [0.4, 0.5) is 0 Å². The number of halogens is 2. The van der Waals surface area contributed by atoms with Gasteiger partial charge in [0.1, 0.15) is 52.4 Å². The molecule has 10 aromatic carbocycles. The molecule has 4 aliphatic rings. The first-order chi connectivity index (χ1) is 41.1. The second-order valence-corrected chi connectivity index (χ2v) is 29.1. The third-order valence-corrected chi connectivity index (χ3v) is 21.8. The van der Waals surface area contributed by atoms with E-state index in [4.69, 9.17) is 0 Å². The molecule has 0 atom stereocenters. The Morgan fingerprint density at radius 1 is 0.216 bits per heavy atom. The molecule has 0 aromatic heterocycles. The van der Waals surface area contributed by atoms with E-state index in [1.54, 1.807) is 0 Å². The summed E-state index contributed by atoms with van der Waals surface area (Å²) < 4.78 is 1.85. The first-order valence-electron chi connectivity index (χ1n) is 31.9. The van der Waals surface area contributed by atoms with Gasteiger partial charge in [0.2, 0.25) is 0 Å². The maximum absolute atomic E-state index is 2.64. The van der Waals surface area contributed by atoms with Crippen LogP contribution in [0.2, 0.25) is 0 Å². The highest BCUT2D eigenvalue weighted by Gasteiger charge is 2.46. The molecule has 2 spiro atoms. The Morgan fingerprint density at radius 3 is 0.614 bits per heavy atom. The molecule has 0 fully saturated rings. The Bertz CT molecular complexity index is 3770. The fourth-order valence-corrected chi connectivity index (χ4v) is 16.9. The van der Waals surface area contributed by atoms with E-state index in [9.17, 15) is 0 Å². The summed E-state index contributed by atoms with van der Waals surface area (Å²) >= 11 is 0. The fourth-order valence-electron chi connectivity index (χ4n) is 16.9. The Balaban J connectivity index is 0.00000377. The zero-order valence-electron chi connectivity index (χ0n) is 53.9. The van der Waals surface area contributed by atoms with Gasteiger partial charge in [-0.05, 0) is 141 Å². The average molecular weight is 1280 g/mol. The summed E-state index contributed by atoms with van der Waals surface area (Å²) in [5, 5.41) is 0. The molecule has 0 N–H and O–H groups in total. The summed E-state index contributed by atoms with van der Waals surface area (Å²) in [4.78, 5) is 0. The monoisotopic (exact) mass is 1280 g/mol. The third kappa shape index (κ3) is 10.2. The van der Waals surface area contributed by atoms with Gasteiger partial charge < -0.3 is 42.9 Å². The topological polar surface area (TPSA) is 0 Å². The van der Waals surface area contributed by atoms with Gasteiger partial charge in [-0.15, -0.1) is 0 Å². The molecule has 446 valence electrons. The SMILES string of the molecule is Cc1cc(C(C)(C)c2ccccc2)cc2c1-c1c(C)cc(C(C)(C)c3ccccc3)cc1C[N+]1(C2)Cc2cccc3c2-c2c(cccc2C[N+]2(Cc4cc(C(C)(C)c5ccccc5)cc(C)c4-c4c(C)cc(C(C)(C)c5ccccc5)cc4C2)C3)C1.[Br-].[Br-]. The molecule has 0 unspecified atom stereocenters. The molecule has 88 heavy (non-hydrogen) atoms. The van der Waals surface area contributed by atoms with Gasteiger partial charge in [0.25, 0.3) is 0 Å². The van der Waals surface area contributed by atoms with Crippen molar-refractivity contribution in [2.45, 2.75) is 157 Å². The Morgan fingerprint density at radius 2 is 0.409 bits per heavy atom. The summed E-state index contributed by atoms with van der Waals surface area (Å²) in [6.07, 6.45) is 0. The minimum Gasteiger partial charge on any atom is -1.00 e. The van der Waals surface area contributed by atoms with Crippen LogP contribution >= 0.6 is 0 Å². The maximum atomic E-state index is 2.64. The van der Waals surface area contributed by atoms with Crippen molar-refractivity contribution in [3.8, 4) is 33.4 Å². The van der Waals surface area contributed by atoms with E-state index in [-0.39, 0.29) is 55.6 Å². The molecule has 0 bridgehead atoms. The molecule has 10 aromatic rings. The molecule has 4 heteroatoms. The van der Waals surface area contributed by atoms with Gasteiger partial charge in [-0.25, -0.2) is 0 Å². The molecule has 0 amide bonds. The summed E-state index contributed by atoms with van der Waals surface area (Å²) in [7, 11) is 0. The van der Waals surface area contributed by atoms with E-state index in [1.807, 2.05) is 0 Å². The first kappa shape index (κ1) is 61.3. The van der Waals surface area contributed by atoms with Crippen LogP contribution < -0.4 is 34.0 Å². The highest BCUT2D eigenvalue weighted by molar-refractivity contribution is 5.82. The number of nitrogens with zero attached hydrogens (tertiary/aromatic N) is 2. The summed E-state index contributed by atoms with van der Waals surface area (Å²) in [6, 6.07) is 80.4. The quantitative estimate of drug-likeness (QED) is 0.133. The predicted octanol–water partition coefficient (Wildman–Crippen LogP) is 14.3. The van der Waals surface area contributed by atoms with Gasteiger partial charge in [-0.3, -0.25) is 0 Å². The lowest BCUT2D eigenvalue weighted by molar-refractivity contribution is -0.978. The van der Waals surface area contributed by atoms with E-state index in [0.29, 0.717) is 0 Å². The van der Waals surface area contributed by atoms with Crippen LogP contribution in [-0.4, -0.2) is 8.97 Å². The van der Waals surface area contributed by atoms with Crippen LogP contribution in [0.25, 0.3) is 33.4 Å². The highest BCUT2D eigenvalue weighted by atomic mass is 79.9. The Kier molecular flexibility index (Phi) is 15.7. The van der Waals surface area contributed by atoms with Crippen LogP contribution in [0.15, 0.2) is 206 Å². The smallest absolute Gasteiger partial charge is 0.106 e. The zero-order chi connectivity index (χ0) is 59.7. The zero-order valence-corrected chi connectivity index (χ0v) is 57.1. The normalized spacial score (nSPS) is 15.4. The van der Waals surface area contributed by atoms with Gasteiger partial charge in [0.15, 0.2) is 0 Å². The number of aryl methyl sites for hydroxylation is 4. The van der Waals surface area contributed by atoms with E-state index in [1.165, 1.54) is 145 Å². The third-order valence-electron chi connectivity index (χ3n) is 21.8. The van der Waals surface area contributed by atoms with Crippen molar-refractivity contribution < 1.29 is 42.9 Å². The summed E-state index contributed by atoms with van der Waals surface area (Å²) in [6.45, 7) is 36.6. The lowest BCUT2D eigenvalue weighted by Gasteiger charge is -2.40. The molecule has 14 rings (SSSR count). The van der Waals surface area contributed by atoms with Gasteiger partial charge in [0.05, 0.1) is 0 Å². The first-order valence-corrected chi connectivity index (χ1v) is 31.9. The van der Waals surface area contributed by atoms with Crippen molar-refractivity contribution in [3.63, 3.8) is 0 Å². The van der Waals surface area contributed by atoms with Gasteiger partial charge >= 0.3 is 0 Å². The van der Waals surface area contributed by atoms with Gasteiger partial charge in [-0.2, -0.15) is 0 Å². The van der Waals surface area contributed by atoms with Crippen LogP contribution in [0.5, 0.6) is 0 Å².